The van der Waals surface area contributed by atoms with Crippen LogP contribution in [0.2, 0.25) is 0 Å². The standard InChI is InChI=1S/C9H12N2O/c12-9(4-6-10-7-9)8-3-1-2-5-11-8/h1-3,5,10,12H,4,6-7H2/t9-/m0/s1. The van der Waals surface area contributed by atoms with Crippen LogP contribution in [0.1, 0.15) is 12.1 Å². The molecule has 0 aliphatic carbocycles. The van der Waals surface area contributed by atoms with E-state index in [1.807, 2.05) is 18.2 Å². The van der Waals surface area contributed by atoms with E-state index in [1.54, 1.807) is 6.20 Å². The lowest BCUT2D eigenvalue weighted by Crippen LogP contribution is -2.29. The van der Waals surface area contributed by atoms with E-state index in [1.165, 1.54) is 0 Å². The Kier molecular flexibility index (Phi) is 1.83. The van der Waals surface area contributed by atoms with Crippen LogP contribution >= 0.6 is 0 Å². The second kappa shape index (κ2) is 2.84. The minimum atomic E-state index is -0.735. The number of aliphatic hydroxyl groups is 1. The SMILES string of the molecule is O[C@@]1(c2ccccn2)CCNC1. The molecule has 64 valence electrons. The van der Waals surface area contributed by atoms with E-state index in [0.29, 0.717) is 6.54 Å². The Morgan fingerprint density at radius 2 is 2.42 bits per heavy atom. The Labute approximate surface area is 71.4 Å². The van der Waals surface area contributed by atoms with Crippen molar-refractivity contribution in [3.8, 4) is 0 Å². The normalized spacial score (nSPS) is 29.1. The topological polar surface area (TPSA) is 45.2 Å². The smallest absolute Gasteiger partial charge is 0.120 e. The molecule has 1 fully saturated rings. The highest BCUT2D eigenvalue weighted by molar-refractivity contribution is 5.15. The van der Waals surface area contributed by atoms with Crippen LogP contribution in [-0.4, -0.2) is 23.2 Å². The van der Waals surface area contributed by atoms with Crippen LogP contribution in [0.5, 0.6) is 0 Å². The Hall–Kier alpha value is -0.930. The van der Waals surface area contributed by atoms with Gasteiger partial charge in [-0.1, -0.05) is 6.07 Å². The number of aromatic nitrogens is 1. The van der Waals surface area contributed by atoms with Crippen molar-refractivity contribution < 1.29 is 5.11 Å². The van der Waals surface area contributed by atoms with Gasteiger partial charge in [0, 0.05) is 12.7 Å². The van der Waals surface area contributed by atoms with Crippen LogP contribution in [0.25, 0.3) is 0 Å². The van der Waals surface area contributed by atoms with E-state index in [-0.39, 0.29) is 0 Å². The summed E-state index contributed by atoms with van der Waals surface area (Å²) in [4.78, 5) is 4.14. The zero-order valence-corrected chi connectivity index (χ0v) is 6.83. The Morgan fingerprint density at radius 3 is 3.00 bits per heavy atom. The van der Waals surface area contributed by atoms with Crippen molar-refractivity contribution in [3.63, 3.8) is 0 Å². The molecule has 0 aromatic carbocycles. The molecule has 1 atom stereocenters. The van der Waals surface area contributed by atoms with Crippen molar-refractivity contribution in [3.05, 3.63) is 30.1 Å². The molecule has 2 N–H and O–H groups in total. The summed E-state index contributed by atoms with van der Waals surface area (Å²) in [7, 11) is 0. The molecule has 1 aromatic rings. The van der Waals surface area contributed by atoms with Gasteiger partial charge in [-0.25, -0.2) is 0 Å². The fraction of sp³-hybridized carbons (Fsp3) is 0.444. The summed E-state index contributed by atoms with van der Waals surface area (Å²) in [6.07, 6.45) is 2.47. The van der Waals surface area contributed by atoms with E-state index in [2.05, 4.69) is 10.3 Å². The van der Waals surface area contributed by atoms with Gasteiger partial charge in [0.15, 0.2) is 0 Å². The lowest BCUT2D eigenvalue weighted by Gasteiger charge is -2.19. The first-order chi connectivity index (χ1) is 5.81. The number of rotatable bonds is 1. The average molecular weight is 164 g/mol. The minimum Gasteiger partial charge on any atom is -0.382 e. The van der Waals surface area contributed by atoms with Crippen molar-refractivity contribution in [1.29, 1.82) is 0 Å². The summed E-state index contributed by atoms with van der Waals surface area (Å²) >= 11 is 0. The fourth-order valence-corrected chi connectivity index (χ4v) is 1.54. The molecule has 2 rings (SSSR count). The van der Waals surface area contributed by atoms with E-state index in [0.717, 1.165) is 18.7 Å². The third-order valence-corrected chi connectivity index (χ3v) is 2.27. The van der Waals surface area contributed by atoms with Gasteiger partial charge in [-0.2, -0.15) is 0 Å². The number of nitrogens with one attached hydrogen (secondary N) is 1. The molecule has 0 saturated carbocycles. The predicted octanol–water partition coefficient (Wildman–Crippen LogP) is 0.263. The van der Waals surface area contributed by atoms with Gasteiger partial charge < -0.3 is 10.4 Å². The molecule has 3 nitrogen and oxygen atoms in total. The van der Waals surface area contributed by atoms with Crippen molar-refractivity contribution >= 4 is 0 Å². The maximum absolute atomic E-state index is 10.0. The molecular formula is C9H12N2O. The number of hydrogen-bond donors (Lipinski definition) is 2. The largest absolute Gasteiger partial charge is 0.382 e. The van der Waals surface area contributed by atoms with Gasteiger partial charge in [0.05, 0.1) is 5.69 Å². The van der Waals surface area contributed by atoms with Crippen LogP contribution in [0, 0.1) is 0 Å². The molecule has 0 radical (unpaired) electrons. The van der Waals surface area contributed by atoms with E-state index < -0.39 is 5.60 Å². The van der Waals surface area contributed by atoms with Gasteiger partial charge in [0.1, 0.15) is 5.60 Å². The van der Waals surface area contributed by atoms with Gasteiger partial charge in [-0.15, -0.1) is 0 Å². The Bertz CT molecular complexity index is 254. The molecule has 12 heavy (non-hydrogen) atoms. The van der Waals surface area contributed by atoms with Crippen LogP contribution in [-0.2, 0) is 5.60 Å². The summed E-state index contributed by atoms with van der Waals surface area (Å²) in [6, 6.07) is 5.63. The first-order valence-electron chi connectivity index (χ1n) is 4.16. The highest BCUT2D eigenvalue weighted by Gasteiger charge is 2.33. The number of β-amino-alcohol motifs (C(OH)–C–C–N with tert-alkyl or cyclic N) is 1. The van der Waals surface area contributed by atoms with Gasteiger partial charge in [-0.3, -0.25) is 4.98 Å². The molecule has 2 heterocycles. The second-order valence-electron chi connectivity index (χ2n) is 3.17. The number of nitrogens with zero attached hydrogens (tertiary/aromatic N) is 1. The zero-order chi connectivity index (χ0) is 8.44. The van der Waals surface area contributed by atoms with Crippen LogP contribution in [0.4, 0.5) is 0 Å². The lowest BCUT2D eigenvalue weighted by atomic mass is 9.98. The van der Waals surface area contributed by atoms with E-state index in [4.69, 9.17) is 0 Å². The van der Waals surface area contributed by atoms with Crippen molar-refractivity contribution in [2.24, 2.45) is 0 Å². The van der Waals surface area contributed by atoms with Crippen LogP contribution < -0.4 is 5.32 Å². The van der Waals surface area contributed by atoms with E-state index >= 15 is 0 Å². The molecule has 1 aromatic heterocycles. The highest BCUT2D eigenvalue weighted by atomic mass is 16.3. The second-order valence-corrected chi connectivity index (χ2v) is 3.17. The van der Waals surface area contributed by atoms with Crippen LogP contribution in [0.15, 0.2) is 24.4 Å². The summed E-state index contributed by atoms with van der Waals surface area (Å²) in [5.74, 6) is 0. The average Bonchev–Trinajstić information content (AvgIpc) is 2.55. The Morgan fingerprint density at radius 1 is 1.50 bits per heavy atom. The summed E-state index contributed by atoms with van der Waals surface area (Å²) < 4.78 is 0. The van der Waals surface area contributed by atoms with Crippen LogP contribution in [0.3, 0.4) is 0 Å². The maximum atomic E-state index is 10.0. The molecule has 0 spiro atoms. The molecule has 0 unspecified atom stereocenters. The van der Waals surface area contributed by atoms with Gasteiger partial charge >= 0.3 is 0 Å². The molecule has 0 amide bonds. The zero-order valence-electron chi connectivity index (χ0n) is 6.83. The number of pyridine rings is 1. The quantitative estimate of drug-likeness (QED) is 0.626. The first kappa shape index (κ1) is 7.71. The van der Waals surface area contributed by atoms with Gasteiger partial charge in [0.2, 0.25) is 0 Å². The summed E-state index contributed by atoms with van der Waals surface area (Å²) in [6.45, 7) is 1.48. The first-order valence-corrected chi connectivity index (χ1v) is 4.16. The van der Waals surface area contributed by atoms with Gasteiger partial charge in [0.25, 0.3) is 0 Å². The predicted molar refractivity (Wildman–Crippen MR) is 45.6 cm³/mol. The third kappa shape index (κ3) is 1.21. The third-order valence-electron chi connectivity index (χ3n) is 2.27. The minimum absolute atomic E-state index is 0.615. The molecular weight excluding hydrogens is 152 g/mol. The van der Waals surface area contributed by atoms with Crippen molar-refractivity contribution in [2.75, 3.05) is 13.1 Å². The maximum Gasteiger partial charge on any atom is 0.120 e. The lowest BCUT2D eigenvalue weighted by molar-refractivity contribution is 0.0541. The fourth-order valence-electron chi connectivity index (χ4n) is 1.54. The van der Waals surface area contributed by atoms with Crippen molar-refractivity contribution in [2.45, 2.75) is 12.0 Å². The molecule has 1 saturated heterocycles. The molecule has 1 aliphatic heterocycles. The number of hydrogen-bond acceptors (Lipinski definition) is 3. The molecule has 0 bridgehead atoms. The Balaban J connectivity index is 2.29. The van der Waals surface area contributed by atoms with E-state index in [9.17, 15) is 5.11 Å². The molecule has 1 aliphatic rings. The summed E-state index contributed by atoms with van der Waals surface area (Å²) in [5.41, 5.74) is 0.0383. The monoisotopic (exact) mass is 164 g/mol. The highest BCUT2D eigenvalue weighted by Crippen LogP contribution is 2.24. The van der Waals surface area contributed by atoms with Crippen molar-refractivity contribution in [1.82, 2.24) is 10.3 Å². The van der Waals surface area contributed by atoms with Gasteiger partial charge in [-0.05, 0) is 25.1 Å². The summed E-state index contributed by atoms with van der Waals surface area (Å²) in [5, 5.41) is 13.2. The molecule has 3 heteroatoms.